The maximum Gasteiger partial charge on any atom is 0.0943 e. The third kappa shape index (κ3) is 2.19. The van der Waals surface area contributed by atoms with Gasteiger partial charge in [-0.2, -0.15) is 0 Å². The van der Waals surface area contributed by atoms with E-state index in [4.69, 9.17) is 4.42 Å². The van der Waals surface area contributed by atoms with Crippen molar-refractivity contribution in [3.05, 3.63) is 95.4 Å². The van der Waals surface area contributed by atoms with E-state index in [2.05, 4.69) is 60.7 Å². The minimum Gasteiger partial charge on any atom is -0.472 e. The molecule has 0 saturated heterocycles. The van der Waals surface area contributed by atoms with Crippen molar-refractivity contribution in [3.63, 3.8) is 0 Å². The Morgan fingerprint density at radius 3 is 1.48 bits per heavy atom. The van der Waals surface area contributed by atoms with E-state index in [0.29, 0.717) is 11.8 Å². The van der Waals surface area contributed by atoms with Crippen LogP contribution in [0, 0.1) is 0 Å². The van der Waals surface area contributed by atoms with E-state index < -0.39 is 0 Å². The molecule has 1 aliphatic rings. The maximum atomic E-state index is 5.57. The van der Waals surface area contributed by atoms with Gasteiger partial charge in [0.15, 0.2) is 0 Å². The maximum absolute atomic E-state index is 5.57. The van der Waals surface area contributed by atoms with Crippen LogP contribution in [0.15, 0.2) is 77.6 Å². The Hall–Kier alpha value is -2.28. The molecule has 2 aromatic carbocycles. The summed E-state index contributed by atoms with van der Waals surface area (Å²) >= 11 is 0. The molecule has 2 unspecified atom stereocenters. The minimum absolute atomic E-state index is 0.472. The van der Waals surface area contributed by atoms with Gasteiger partial charge in [0.1, 0.15) is 0 Å². The molecule has 0 bridgehead atoms. The lowest BCUT2D eigenvalue weighted by atomic mass is 9.74. The summed E-state index contributed by atoms with van der Waals surface area (Å²) in [6, 6.07) is 21.6. The number of hydrogen-bond donors (Lipinski definition) is 0. The molecular weight excluding hydrogens is 256 g/mol. The topological polar surface area (TPSA) is 13.1 Å². The molecule has 0 radical (unpaired) electrons. The third-order valence-corrected chi connectivity index (χ3v) is 4.62. The van der Waals surface area contributed by atoms with Crippen LogP contribution in [-0.4, -0.2) is 0 Å². The standard InChI is InChI=1S/C20H18O/c1-3-7-15(8-4-1)17-11-12-18(16-9-5-2-6-10-16)20-14-21-13-19(17)20/h1-10,13-14,17-18H,11-12H2. The fraction of sp³-hybridized carbons (Fsp3) is 0.200. The molecular formula is C20H18O. The summed E-state index contributed by atoms with van der Waals surface area (Å²) in [6.07, 6.45) is 6.25. The van der Waals surface area contributed by atoms with Crippen LogP contribution in [0.25, 0.3) is 0 Å². The SMILES string of the molecule is c1ccc(C2CCC(c3ccccc3)c3cocc32)cc1. The Bertz CT molecular complexity index is 650. The first-order valence-corrected chi connectivity index (χ1v) is 7.59. The second-order valence-corrected chi connectivity index (χ2v) is 5.79. The van der Waals surface area contributed by atoms with E-state index in [1.165, 1.54) is 35.1 Å². The lowest BCUT2D eigenvalue weighted by Gasteiger charge is -2.29. The van der Waals surface area contributed by atoms with Gasteiger partial charge in [-0.3, -0.25) is 0 Å². The number of furan rings is 1. The molecule has 104 valence electrons. The molecule has 0 aliphatic heterocycles. The predicted octanol–water partition coefficient (Wildman–Crippen LogP) is 5.34. The first-order valence-electron chi connectivity index (χ1n) is 7.59. The third-order valence-electron chi connectivity index (χ3n) is 4.62. The van der Waals surface area contributed by atoms with Gasteiger partial charge < -0.3 is 4.42 Å². The lowest BCUT2D eigenvalue weighted by molar-refractivity contribution is 0.561. The van der Waals surface area contributed by atoms with Gasteiger partial charge in [0.2, 0.25) is 0 Å². The highest BCUT2D eigenvalue weighted by Gasteiger charge is 2.30. The molecule has 1 aromatic heterocycles. The van der Waals surface area contributed by atoms with Crippen molar-refractivity contribution in [1.82, 2.24) is 0 Å². The highest BCUT2D eigenvalue weighted by molar-refractivity contribution is 5.43. The molecule has 0 saturated carbocycles. The average Bonchev–Trinajstić information content (AvgIpc) is 3.05. The molecule has 1 heterocycles. The summed E-state index contributed by atoms with van der Waals surface area (Å²) in [5, 5.41) is 0. The van der Waals surface area contributed by atoms with E-state index in [1.807, 2.05) is 12.5 Å². The Labute approximate surface area is 125 Å². The van der Waals surface area contributed by atoms with Gasteiger partial charge in [0, 0.05) is 23.0 Å². The van der Waals surface area contributed by atoms with E-state index in [0.717, 1.165) is 0 Å². The lowest BCUT2D eigenvalue weighted by Crippen LogP contribution is -2.14. The van der Waals surface area contributed by atoms with Crippen LogP contribution < -0.4 is 0 Å². The minimum atomic E-state index is 0.472. The molecule has 3 aromatic rings. The number of hydrogen-bond acceptors (Lipinski definition) is 1. The summed E-state index contributed by atoms with van der Waals surface area (Å²) in [4.78, 5) is 0. The first kappa shape index (κ1) is 12.5. The van der Waals surface area contributed by atoms with E-state index in [1.54, 1.807) is 0 Å². The van der Waals surface area contributed by atoms with Gasteiger partial charge in [0.25, 0.3) is 0 Å². The van der Waals surface area contributed by atoms with Gasteiger partial charge >= 0.3 is 0 Å². The van der Waals surface area contributed by atoms with Gasteiger partial charge in [-0.25, -0.2) is 0 Å². The van der Waals surface area contributed by atoms with Crippen molar-refractivity contribution in [2.24, 2.45) is 0 Å². The molecule has 2 atom stereocenters. The van der Waals surface area contributed by atoms with Crippen LogP contribution in [0.5, 0.6) is 0 Å². The predicted molar refractivity (Wildman–Crippen MR) is 84.5 cm³/mol. The van der Waals surface area contributed by atoms with Crippen LogP contribution >= 0.6 is 0 Å². The first-order chi connectivity index (χ1) is 10.4. The highest BCUT2D eigenvalue weighted by Crippen LogP contribution is 2.45. The van der Waals surface area contributed by atoms with Crippen LogP contribution in [0.4, 0.5) is 0 Å². The second kappa shape index (κ2) is 5.25. The van der Waals surface area contributed by atoms with Crippen molar-refractivity contribution in [3.8, 4) is 0 Å². The number of rotatable bonds is 2. The Morgan fingerprint density at radius 1 is 0.619 bits per heavy atom. The molecule has 21 heavy (non-hydrogen) atoms. The van der Waals surface area contributed by atoms with Crippen molar-refractivity contribution >= 4 is 0 Å². The van der Waals surface area contributed by atoms with Crippen LogP contribution in [0.3, 0.4) is 0 Å². The molecule has 0 N–H and O–H groups in total. The van der Waals surface area contributed by atoms with Gasteiger partial charge in [-0.1, -0.05) is 60.7 Å². The molecule has 0 fully saturated rings. The largest absolute Gasteiger partial charge is 0.472 e. The molecule has 1 heteroatoms. The Balaban J connectivity index is 1.75. The van der Waals surface area contributed by atoms with Crippen LogP contribution in [-0.2, 0) is 0 Å². The molecule has 1 aliphatic carbocycles. The fourth-order valence-corrected chi connectivity index (χ4v) is 3.59. The normalized spacial score (nSPS) is 21.0. The van der Waals surface area contributed by atoms with E-state index in [9.17, 15) is 0 Å². The zero-order chi connectivity index (χ0) is 14.1. The van der Waals surface area contributed by atoms with Crippen molar-refractivity contribution < 1.29 is 4.42 Å². The Morgan fingerprint density at radius 2 is 1.05 bits per heavy atom. The van der Waals surface area contributed by atoms with Crippen LogP contribution in [0.2, 0.25) is 0 Å². The monoisotopic (exact) mass is 274 g/mol. The number of fused-ring (bicyclic) bond motifs is 1. The van der Waals surface area contributed by atoms with E-state index >= 15 is 0 Å². The zero-order valence-corrected chi connectivity index (χ0v) is 11.9. The van der Waals surface area contributed by atoms with Crippen molar-refractivity contribution in [1.29, 1.82) is 0 Å². The fourth-order valence-electron chi connectivity index (χ4n) is 3.59. The average molecular weight is 274 g/mol. The van der Waals surface area contributed by atoms with Crippen molar-refractivity contribution in [2.45, 2.75) is 24.7 Å². The summed E-state index contributed by atoms with van der Waals surface area (Å²) < 4.78 is 5.57. The summed E-state index contributed by atoms with van der Waals surface area (Å²) in [6.45, 7) is 0. The zero-order valence-electron chi connectivity index (χ0n) is 11.9. The highest BCUT2D eigenvalue weighted by atomic mass is 16.3. The van der Waals surface area contributed by atoms with Gasteiger partial charge in [-0.15, -0.1) is 0 Å². The molecule has 4 rings (SSSR count). The molecule has 1 nitrogen and oxygen atoms in total. The molecule has 0 spiro atoms. The summed E-state index contributed by atoms with van der Waals surface area (Å²) in [5.41, 5.74) is 5.51. The smallest absolute Gasteiger partial charge is 0.0943 e. The van der Waals surface area contributed by atoms with Gasteiger partial charge in [-0.05, 0) is 24.0 Å². The Kier molecular flexibility index (Phi) is 3.11. The summed E-state index contributed by atoms with van der Waals surface area (Å²) in [7, 11) is 0. The second-order valence-electron chi connectivity index (χ2n) is 5.79. The van der Waals surface area contributed by atoms with E-state index in [-0.39, 0.29) is 0 Å². The quantitative estimate of drug-likeness (QED) is 0.615. The van der Waals surface area contributed by atoms with Crippen LogP contribution in [0.1, 0.15) is 46.9 Å². The van der Waals surface area contributed by atoms with Gasteiger partial charge in [0.05, 0.1) is 12.5 Å². The number of benzene rings is 2. The van der Waals surface area contributed by atoms with Crippen molar-refractivity contribution in [2.75, 3.05) is 0 Å². The molecule has 0 amide bonds. The summed E-state index contributed by atoms with van der Waals surface area (Å²) in [5.74, 6) is 0.944.